The first-order valence-electron chi connectivity index (χ1n) is 8.82. The maximum atomic E-state index is 12.6. The van der Waals surface area contributed by atoms with Crippen molar-refractivity contribution < 1.29 is 17.9 Å². The number of hydrogen-bond acceptors (Lipinski definition) is 6. The van der Waals surface area contributed by atoms with Gasteiger partial charge in [0.2, 0.25) is 10.0 Å². The Morgan fingerprint density at radius 2 is 1.89 bits per heavy atom. The number of thiazole rings is 1. The van der Waals surface area contributed by atoms with Gasteiger partial charge in [0, 0.05) is 25.2 Å². The van der Waals surface area contributed by atoms with Crippen molar-refractivity contribution in [3.05, 3.63) is 59.1 Å². The van der Waals surface area contributed by atoms with Crippen molar-refractivity contribution in [1.29, 1.82) is 0 Å². The van der Waals surface area contributed by atoms with Gasteiger partial charge in [-0.3, -0.25) is 4.79 Å². The van der Waals surface area contributed by atoms with E-state index >= 15 is 0 Å². The summed E-state index contributed by atoms with van der Waals surface area (Å²) in [4.78, 5) is 16.8. The minimum Gasteiger partial charge on any atom is -0.379 e. The number of nitrogens with zero attached hydrogens (tertiary/aromatic N) is 2. The summed E-state index contributed by atoms with van der Waals surface area (Å²) >= 11 is 1.49. The predicted octanol–water partition coefficient (Wildman–Crippen LogP) is 2.25. The van der Waals surface area contributed by atoms with Crippen molar-refractivity contribution in [3.63, 3.8) is 0 Å². The first-order chi connectivity index (χ1) is 13.5. The molecule has 2 aromatic carbocycles. The van der Waals surface area contributed by atoms with Crippen LogP contribution in [0.3, 0.4) is 0 Å². The van der Waals surface area contributed by atoms with Crippen LogP contribution in [0, 0.1) is 0 Å². The van der Waals surface area contributed by atoms with E-state index in [0.717, 1.165) is 15.8 Å². The lowest BCUT2D eigenvalue weighted by molar-refractivity contribution is 0.0730. The number of rotatable bonds is 5. The van der Waals surface area contributed by atoms with Crippen molar-refractivity contribution in [2.24, 2.45) is 0 Å². The van der Waals surface area contributed by atoms with Gasteiger partial charge in [0.1, 0.15) is 0 Å². The van der Waals surface area contributed by atoms with Gasteiger partial charge < -0.3 is 10.1 Å². The van der Waals surface area contributed by atoms with E-state index in [0.29, 0.717) is 38.4 Å². The van der Waals surface area contributed by atoms with Crippen LogP contribution in [0.1, 0.15) is 15.9 Å². The third-order valence-corrected chi connectivity index (χ3v) is 7.28. The third kappa shape index (κ3) is 3.93. The summed E-state index contributed by atoms with van der Waals surface area (Å²) < 4.78 is 32.9. The van der Waals surface area contributed by atoms with E-state index in [4.69, 9.17) is 4.74 Å². The highest BCUT2D eigenvalue weighted by molar-refractivity contribution is 7.89. The van der Waals surface area contributed by atoms with Crippen LogP contribution >= 0.6 is 11.3 Å². The Morgan fingerprint density at radius 3 is 2.64 bits per heavy atom. The second-order valence-electron chi connectivity index (χ2n) is 6.38. The minimum absolute atomic E-state index is 0.180. The Labute approximate surface area is 167 Å². The fourth-order valence-electron chi connectivity index (χ4n) is 3.00. The number of aromatic nitrogens is 1. The molecule has 0 spiro atoms. The second kappa shape index (κ2) is 7.96. The number of morpholine rings is 1. The molecule has 1 aliphatic rings. The summed E-state index contributed by atoms with van der Waals surface area (Å²) in [6, 6.07) is 12.0. The third-order valence-electron chi connectivity index (χ3n) is 4.58. The highest BCUT2D eigenvalue weighted by Gasteiger charge is 2.26. The lowest BCUT2D eigenvalue weighted by Crippen LogP contribution is -2.40. The van der Waals surface area contributed by atoms with Crippen LogP contribution in [-0.4, -0.2) is 49.9 Å². The number of fused-ring (bicyclic) bond motifs is 1. The summed E-state index contributed by atoms with van der Waals surface area (Å²) in [6.07, 6.45) is 0. The molecule has 1 N–H and O–H groups in total. The highest BCUT2D eigenvalue weighted by Crippen LogP contribution is 2.20. The van der Waals surface area contributed by atoms with Crippen LogP contribution < -0.4 is 5.32 Å². The van der Waals surface area contributed by atoms with Gasteiger partial charge in [-0.05, 0) is 35.9 Å². The quantitative estimate of drug-likeness (QED) is 0.688. The molecule has 0 atom stereocenters. The minimum atomic E-state index is -3.51. The van der Waals surface area contributed by atoms with Crippen LogP contribution in [0.25, 0.3) is 10.2 Å². The lowest BCUT2D eigenvalue weighted by Gasteiger charge is -2.26. The van der Waals surface area contributed by atoms with E-state index in [-0.39, 0.29) is 10.8 Å². The van der Waals surface area contributed by atoms with Crippen LogP contribution in [-0.2, 0) is 21.3 Å². The smallest absolute Gasteiger partial charge is 0.251 e. The highest BCUT2D eigenvalue weighted by atomic mass is 32.2. The summed E-state index contributed by atoms with van der Waals surface area (Å²) in [5.74, 6) is -0.180. The maximum Gasteiger partial charge on any atom is 0.251 e. The van der Waals surface area contributed by atoms with E-state index in [1.807, 2.05) is 12.1 Å². The molecule has 0 saturated carbocycles. The number of carbonyl (C=O) groups is 1. The summed E-state index contributed by atoms with van der Waals surface area (Å²) in [6.45, 7) is 1.87. The molecule has 0 radical (unpaired) electrons. The molecule has 146 valence electrons. The average molecular weight is 418 g/mol. The van der Waals surface area contributed by atoms with Gasteiger partial charge in [0.05, 0.1) is 33.8 Å². The average Bonchev–Trinajstić information content (AvgIpc) is 3.21. The monoisotopic (exact) mass is 417 g/mol. The molecule has 0 bridgehead atoms. The Balaban J connectivity index is 1.40. The molecule has 1 fully saturated rings. The van der Waals surface area contributed by atoms with Gasteiger partial charge in [0.15, 0.2) is 0 Å². The van der Waals surface area contributed by atoms with Gasteiger partial charge in [-0.2, -0.15) is 4.31 Å². The van der Waals surface area contributed by atoms with E-state index in [9.17, 15) is 13.2 Å². The topological polar surface area (TPSA) is 88.6 Å². The van der Waals surface area contributed by atoms with Gasteiger partial charge in [0.25, 0.3) is 5.91 Å². The van der Waals surface area contributed by atoms with Gasteiger partial charge >= 0.3 is 0 Å². The van der Waals surface area contributed by atoms with E-state index in [2.05, 4.69) is 10.3 Å². The predicted molar refractivity (Wildman–Crippen MR) is 107 cm³/mol. The largest absolute Gasteiger partial charge is 0.379 e. The number of carbonyl (C=O) groups excluding carboxylic acids is 1. The lowest BCUT2D eigenvalue weighted by atomic mass is 10.2. The van der Waals surface area contributed by atoms with E-state index in [1.54, 1.807) is 35.8 Å². The Hall–Kier alpha value is -2.33. The van der Waals surface area contributed by atoms with E-state index < -0.39 is 10.0 Å². The Morgan fingerprint density at radius 1 is 1.14 bits per heavy atom. The van der Waals surface area contributed by atoms with Gasteiger partial charge in [-0.25, -0.2) is 13.4 Å². The molecule has 4 rings (SSSR count). The fourth-order valence-corrected chi connectivity index (χ4v) is 5.12. The SMILES string of the molecule is O=C(NCc1ccc(S(=O)(=O)N2CCOCC2)cc1)c1ccc2ncsc2c1. The van der Waals surface area contributed by atoms with Crippen molar-refractivity contribution in [3.8, 4) is 0 Å². The molecule has 7 nitrogen and oxygen atoms in total. The van der Waals surface area contributed by atoms with Crippen LogP contribution in [0.5, 0.6) is 0 Å². The molecule has 0 unspecified atom stereocenters. The molecule has 28 heavy (non-hydrogen) atoms. The number of amides is 1. The first kappa shape index (κ1) is 19.0. The van der Waals surface area contributed by atoms with E-state index in [1.165, 1.54) is 15.6 Å². The van der Waals surface area contributed by atoms with Crippen molar-refractivity contribution in [2.45, 2.75) is 11.4 Å². The Bertz CT molecular complexity index is 1090. The number of hydrogen-bond donors (Lipinski definition) is 1. The van der Waals surface area contributed by atoms with Crippen LogP contribution in [0.2, 0.25) is 0 Å². The summed E-state index contributed by atoms with van der Waals surface area (Å²) in [5, 5.41) is 2.86. The molecule has 9 heteroatoms. The van der Waals surface area contributed by atoms with Crippen LogP contribution in [0.15, 0.2) is 52.9 Å². The molecule has 1 aliphatic heterocycles. The number of nitrogens with one attached hydrogen (secondary N) is 1. The normalized spacial score (nSPS) is 15.6. The fraction of sp³-hybridized carbons (Fsp3) is 0.263. The standard InChI is InChI=1S/C19H19N3O4S2/c23-19(15-3-6-17-18(11-15)27-13-21-17)20-12-14-1-4-16(5-2-14)28(24,25)22-7-9-26-10-8-22/h1-6,11,13H,7-10,12H2,(H,20,23). The van der Waals surface area contributed by atoms with Crippen molar-refractivity contribution in [1.82, 2.24) is 14.6 Å². The molecule has 2 heterocycles. The zero-order valence-corrected chi connectivity index (χ0v) is 16.6. The van der Waals surface area contributed by atoms with Gasteiger partial charge in [-0.15, -0.1) is 11.3 Å². The zero-order valence-electron chi connectivity index (χ0n) is 15.0. The second-order valence-corrected chi connectivity index (χ2v) is 9.20. The summed E-state index contributed by atoms with van der Waals surface area (Å²) in [7, 11) is -3.51. The number of benzene rings is 2. The molecule has 1 aromatic heterocycles. The number of ether oxygens (including phenoxy) is 1. The maximum absolute atomic E-state index is 12.6. The molecule has 1 amide bonds. The molecule has 3 aromatic rings. The molecule has 1 saturated heterocycles. The molecular weight excluding hydrogens is 398 g/mol. The molecular formula is C19H19N3O4S2. The Kier molecular flexibility index (Phi) is 5.40. The van der Waals surface area contributed by atoms with Crippen molar-refractivity contribution >= 4 is 37.5 Å². The van der Waals surface area contributed by atoms with Gasteiger partial charge in [-0.1, -0.05) is 12.1 Å². The van der Waals surface area contributed by atoms with Crippen molar-refractivity contribution in [2.75, 3.05) is 26.3 Å². The zero-order chi connectivity index (χ0) is 19.6. The first-order valence-corrected chi connectivity index (χ1v) is 11.1. The van der Waals surface area contributed by atoms with Crippen LogP contribution in [0.4, 0.5) is 0 Å². The summed E-state index contributed by atoms with van der Waals surface area (Å²) in [5.41, 5.74) is 4.02. The molecule has 0 aliphatic carbocycles. The number of sulfonamides is 1.